The van der Waals surface area contributed by atoms with Crippen LogP contribution in [-0.4, -0.2) is 42.5 Å². The molecule has 1 heterocycles. The van der Waals surface area contributed by atoms with E-state index in [4.69, 9.17) is 14.2 Å². The van der Waals surface area contributed by atoms with Crippen molar-refractivity contribution in [2.24, 2.45) is 11.3 Å². The second-order valence-corrected chi connectivity index (χ2v) is 9.16. The van der Waals surface area contributed by atoms with E-state index in [1.807, 2.05) is 69.3 Å². The summed E-state index contributed by atoms with van der Waals surface area (Å²) in [5.74, 6) is -0.000250. The number of hydrogen-bond acceptors (Lipinski definition) is 6. The minimum absolute atomic E-state index is 0.0458. The molecule has 6 nitrogen and oxygen atoms in total. The van der Waals surface area contributed by atoms with E-state index in [-0.39, 0.29) is 24.5 Å². The molecule has 1 aliphatic carbocycles. The maximum atomic E-state index is 12.5. The SMILES string of the molecule is CCC(C)(C)C(=O)OCCCCC(O)COC1=CC2OC(=O)C(c3ccccc3)=CC2C=C1. The second kappa shape index (κ2) is 11.3. The lowest BCUT2D eigenvalue weighted by molar-refractivity contribution is -0.154. The number of allylic oxidation sites excluding steroid dienone is 1. The van der Waals surface area contributed by atoms with Gasteiger partial charge in [0.25, 0.3) is 0 Å². The molecule has 0 saturated carbocycles. The fraction of sp³-hybridized carbons (Fsp3) is 0.481. The van der Waals surface area contributed by atoms with Gasteiger partial charge < -0.3 is 19.3 Å². The Kier molecular flexibility index (Phi) is 8.50. The molecule has 3 rings (SSSR count). The van der Waals surface area contributed by atoms with Crippen molar-refractivity contribution in [1.82, 2.24) is 0 Å². The summed E-state index contributed by atoms with van der Waals surface area (Å²) in [5, 5.41) is 10.2. The van der Waals surface area contributed by atoms with Gasteiger partial charge in [0.05, 0.1) is 23.7 Å². The van der Waals surface area contributed by atoms with Crippen LogP contribution < -0.4 is 0 Å². The number of benzene rings is 1. The highest BCUT2D eigenvalue weighted by molar-refractivity contribution is 6.17. The molecular weight excluding hydrogens is 420 g/mol. The number of unbranched alkanes of at least 4 members (excludes halogenated alkanes) is 1. The zero-order valence-corrected chi connectivity index (χ0v) is 19.7. The van der Waals surface area contributed by atoms with E-state index in [0.717, 1.165) is 18.4 Å². The Balaban J connectivity index is 1.40. The zero-order chi connectivity index (χ0) is 23.8. The predicted molar refractivity (Wildman–Crippen MR) is 126 cm³/mol. The standard InChI is InChI=1S/C27H34O6/c1-4-27(2,3)26(30)31-15-9-8-12-21(28)18-32-22-14-13-20-16-23(19-10-6-5-7-11-19)25(29)33-24(20)17-22/h5-7,10-11,13-14,16-17,20-21,24,28H,4,8-9,12,15,18H2,1-3H3. The fourth-order valence-corrected chi connectivity index (χ4v) is 3.54. The first-order valence-corrected chi connectivity index (χ1v) is 11.7. The molecule has 33 heavy (non-hydrogen) atoms. The minimum atomic E-state index is -0.627. The van der Waals surface area contributed by atoms with Crippen LogP contribution in [0.2, 0.25) is 0 Å². The molecule has 0 amide bonds. The van der Waals surface area contributed by atoms with Crippen molar-refractivity contribution < 1.29 is 28.9 Å². The van der Waals surface area contributed by atoms with Crippen molar-refractivity contribution in [1.29, 1.82) is 0 Å². The monoisotopic (exact) mass is 454 g/mol. The van der Waals surface area contributed by atoms with Crippen molar-refractivity contribution in [3.8, 4) is 0 Å². The highest BCUT2D eigenvalue weighted by atomic mass is 16.5. The third-order valence-electron chi connectivity index (χ3n) is 6.14. The number of aliphatic hydroxyl groups is 1. The van der Waals surface area contributed by atoms with Gasteiger partial charge in [-0.25, -0.2) is 4.79 Å². The van der Waals surface area contributed by atoms with E-state index >= 15 is 0 Å². The molecule has 1 N–H and O–H groups in total. The second-order valence-electron chi connectivity index (χ2n) is 9.16. The summed E-state index contributed by atoms with van der Waals surface area (Å²) in [6, 6.07) is 9.47. The molecule has 0 fully saturated rings. The van der Waals surface area contributed by atoms with Crippen molar-refractivity contribution in [3.63, 3.8) is 0 Å². The third kappa shape index (κ3) is 6.81. The first kappa shape index (κ1) is 24.8. The highest BCUT2D eigenvalue weighted by Gasteiger charge is 2.31. The van der Waals surface area contributed by atoms with Crippen LogP contribution in [0.5, 0.6) is 0 Å². The molecule has 3 atom stereocenters. The van der Waals surface area contributed by atoms with E-state index in [9.17, 15) is 14.7 Å². The van der Waals surface area contributed by atoms with Gasteiger partial charge in [0, 0.05) is 5.92 Å². The normalized spacial score (nSPS) is 20.8. The van der Waals surface area contributed by atoms with Crippen molar-refractivity contribution in [2.75, 3.05) is 13.2 Å². The molecule has 1 aromatic rings. The Labute approximate surface area is 195 Å². The Morgan fingerprint density at radius 2 is 1.94 bits per heavy atom. The first-order chi connectivity index (χ1) is 15.8. The topological polar surface area (TPSA) is 82.1 Å². The fourth-order valence-electron chi connectivity index (χ4n) is 3.54. The maximum absolute atomic E-state index is 12.5. The van der Waals surface area contributed by atoms with E-state index in [0.29, 0.717) is 30.8 Å². The van der Waals surface area contributed by atoms with Crippen LogP contribution in [0.25, 0.3) is 5.57 Å². The summed E-state index contributed by atoms with van der Waals surface area (Å²) in [6.07, 6.45) is 9.18. The van der Waals surface area contributed by atoms with Crippen LogP contribution in [0.3, 0.4) is 0 Å². The number of rotatable bonds is 11. The van der Waals surface area contributed by atoms with Crippen LogP contribution in [0.15, 0.2) is 60.4 Å². The maximum Gasteiger partial charge on any atom is 0.339 e. The number of aliphatic hydroxyl groups excluding tert-OH is 1. The van der Waals surface area contributed by atoms with Gasteiger partial charge in [-0.2, -0.15) is 0 Å². The minimum Gasteiger partial charge on any atom is -0.491 e. The van der Waals surface area contributed by atoms with Gasteiger partial charge in [0.2, 0.25) is 0 Å². The van der Waals surface area contributed by atoms with E-state index in [1.165, 1.54) is 0 Å². The summed E-state index contributed by atoms with van der Waals surface area (Å²) in [5.41, 5.74) is 0.949. The molecule has 0 spiro atoms. The van der Waals surface area contributed by atoms with Crippen molar-refractivity contribution >= 4 is 17.5 Å². The lowest BCUT2D eigenvalue weighted by Gasteiger charge is -2.29. The average molecular weight is 455 g/mol. The Hall–Kier alpha value is -2.86. The van der Waals surface area contributed by atoms with Crippen molar-refractivity contribution in [2.45, 2.75) is 58.7 Å². The number of fused-ring (bicyclic) bond motifs is 1. The number of ether oxygens (including phenoxy) is 3. The number of hydrogen-bond donors (Lipinski definition) is 1. The van der Waals surface area contributed by atoms with E-state index < -0.39 is 17.6 Å². The largest absolute Gasteiger partial charge is 0.491 e. The summed E-state index contributed by atoms with van der Waals surface area (Å²) < 4.78 is 16.7. The summed E-state index contributed by atoms with van der Waals surface area (Å²) in [7, 11) is 0. The molecule has 1 aromatic carbocycles. The van der Waals surface area contributed by atoms with Gasteiger partial charge in [-0.05, 0) is 57.2 Å². The quantitative estimate of drug-likeness (QED) is 0.389. The smallest absolute Gasteiger partial charge is 0.339 e. The van der Waals surface area contributed by atoms with E-state index in [2.05, 4.69) is 0 Å². The Morgan fingerprint density at radius 1 is 1.18 bits per heavy atom. The number of carbonyl (C=O) groups excluding carboxylic acids is 2. The molecule has 3 unspecified atom stereocenters. The molecule has 0 saturated heterocycles. The lowest BCUT2D eigenvalue weighted by Crippen LogP contribution is -2.30. The average Bonchev–Trinajstić information content (AvgIpc) is 2.82. The molecule has 2 aliphatic rings. The number of esters is 2. The van der Waals surface area contributed by atoms with Crippen LogP contribution in [0.4, 0.5) is 0 Å². The van der Waals surface area contributed by atoms with Crippen molar-refractivity contribution in [3.05, 3.63) is 66.0 Å². The van der Waals surface area contributed by atoms with Crippen LogP contribution >= 0.6 is 0 Å². The van der Waals surface area contributed by atoms with Gasteiger partial charge in [-0.3, -0.25) is 4.79 Å². The molecule has 0 aromatic heterocycles. The summed E-state index contributed by atoms with van der Waals surface area (Å²) in [4.78, 5) is 24.4. The molecule has 6 heteroatoms. The van der Waals surface area contributed by atoms with Gasteiger partial charge in [0.1, 0.15) is 18.5 Å². The summed E-state index contributed by atoms with van der Waals surface area (Å²) in [6.45, 7) is 6.22. The number of carbonyl (C=O) groups is 2. The zero-order valence-electron chi connectivity index (χ0n) is 19.7. The molecule has 1 aliphatic heterocycles. The van der Waals surface area contributed by atoms with E-state index in [1.54, 1.807) is 6.08 Å². The Morgan fingerprint density at radius 3 is 2.67 bits per heavy atom. The van der Waals surface area contributed by atoms with Crippen LogP contribution in [-0.2, 0) is 23.8 Å². The predicted octanol–water partition coefficient (Wildman–Crippen LogP) is 4.59. The summed E-state index contributed by atoms with van der Waals surface area (Å²) >= 11 is 0. The van der Waals surface area contributed by atoms with Crippen LogP contribution in [0.1, 0.15) is 52.0 Å². The molecular formula is C27H34O6. The van der Waals surface area contributed by atoms with Crippen LogP contribution in [0, 0.1) is 11.3 Å². The first-order valence-electron chi connectivity index (χ1n) is 11.7. The Bertz CT molecular complexity index is 912. The highest BCUT2D eigenvalue weighted by Crippen LogP contribution is 2.31. The van der Waals surface area contributed by atoms with Gasteiger partial charge in [-0.15, -0.1) is 0 Å². The molecule has 0 bridgehead atoms. The lowest BCUT2D eigenvalue weighted by atomic mass is 9.90. The third-order valence-corrected chi connectivity index (χ3v) is 6.14. The molecule has 178 valence electrons. The van der Waals surface area contributed by atoms with Gasteiger partial charge in [0.15, 0.2) is 0 Å². The van der Waals surface area contributed by atoms with Gasteiger partial charge >= 0.3 is 11.9 Å². The van der Waals surface area contributed by atoms with Gasteiger partial charge in [-0.1, -0.05) is 49.4 Å². The molecule has 0 radical (unpaired) electrons.